The van der Waals surface area contributed by atoms with E-state index in [4.69, 9.17) is 17.3 Å². The van der Waals surface area contributed by atoms with E-state index in [1.165, 1.54) is 23.5 Å². The SMILES string of the molecule is CCc1c(C)sc(NC(=O)c2ccc([N+](=O)[O-])cc2Cl)c1C(N)=O. The monoisotopic (exact) mass is 367 g/mol. The van der Waals surface area contributed by atoms with Gasteiger partial charge in [0, 0.05) is 17.0 Å². The van der Waals surface area contributed by atoms with Crippen molar-refractivity contribution in [3.8, 4) is 0 Å². The molecular formula is C15H14ClN3O4S. The first-order chi connectivity index (χ1) is 11.3. The predicted molar refractivity (Wildman–Crippen MR) is 93.0 cm³/mol. The Morgan fingerprint density at radius 2 is 2.08 bits per heavy atom. The van der Waals surface area contributed by atoms with Crippen LogP contribution < -0.4 is 11.1 Å². The highest BCUT2D eigenvalue weighted by atomic mass is 35.5. The number of nitrogens with two attached hydrogens (primary N) is 1. The van der Waals surface area contributed by atoms with Gasteiger partial charge in [-0.25, -0.2) is 0 Å². The number of amides is 2. The molecule has 1 aromatic carbocycles. The molecule has 0 saturated heterocycles. The van der Waals surface area contributed by atoms with E-state index in [0.29, 0.717) is 11.4 Å². The minimum Gasteiger partial charge on any atom is -0.365 e. The van der Waals surface area contributed by atoms with Crippen molar-refractivity contribution in [2.75, 3.05) is 5.32 Å². The molecule has 0 aliphatic heterocycles. The Kier molecular flexibility index (Phi) is 5.20. The maximum absolute atomic E-state index is 12.4. The predicted octanol–water partition coefficient (Wildman–Crippen LogP) is 3.53. The standard InChI is InChI=1S/C15H14ClN3O4S/c1-3-9-7(2)24-15(12(9)13(17)20)18-14(21)10-5-4-8(19(22)23)6-11(10)16/h4-6H,3H2,1-2H3,(H2,17,20)(H,18,21). The normalized spacial score (nSPS) is 10.5. The number of nitro benzene ring substituents is 1. The van der Waals surface area contributed by atoms with Crippen LogP contribution in [0.5, 0.6) is 0 Å². The third-order valence-electron chi connectivity index (χ3n) is 3.44. The average Bonchev–Trinajstić information content (AvgIpc) is 2.82. The summed E-state index contributed by atoms with van der Waals surface area (Å²) in [6.45, 7) is 3.73. The van der Waals surface area contributed by atoms with E-state index in [0.717, 1.165) is 16.5 Å². The number of halogens is 1. The molecule has 7 nitrogen and oxygen atoms in total. The Balaban J connectivity index is 2.37. The van der Waals surface area contributed by atoms with Crippen molar-refractivity contribution >= 4 is 45.4 Å². The van der Waals surface area contributed by atoms with Gasteiger partial charge in [0.15, 0.2) is 0 Å². The molecule has 2 rings (SSSR count). The van der Waals surface area contributed by atoms with E-state index >= 15 is 0 Å². The minimum absolute atomic E-state index is 0.0497. The highest BCUT2D eigenvalue weighted by Gasteiger charge is 2.22. The smallest absolute Gasteiger partial charge is 0.270 e. The minimum atomic E-state index is -0.624. The van der Waals surface area contributed by atoms with Gasteiger partial charge in [0.25, 0.3) is 17.5 Å². The number of primary amides is 1. The zero-order valence-electron chi connectivity index (χ0n) is 12.9. The van der Waals surface area contributed by atoms with Gasteiger partial charge in [-0.3, -0.25) is 19.7 Å². The van der Waals surface area contributed by atoms with Crippen LogP contribution in [-0.4, -0.2) is 16.7 Å². The number of carbonyl (C=O) groups is 2. The second kappa shape index (κ2) is 6.98. The highest BCUT2D eigenvalue weighted by Crippen LogP contribution is 2.34. The molecule has 0 aliphatic carbocycles. The fourth-order valence-corrected chi connectivity index (χ4v) is 3.73. The lowest BCUT2D eigenvalue weighted by Crippen LogP contribution is -2.18. The Labute approximate surface area is 146 Å². The number of rotatable bonds is 5. The van der Waals surface area contributed by atoms with Crippen LogP contribution in [0.2, 0.25) is 5.02 Å². The molecule has 0 fully saturated rings. The molecule has 0 saturated carbocycles. The van der Waals surface area contributed by atoms with Crippen molar-refractivity contribution in [1.29, 1.82) is 0 Å². The van der Waals surface area contributed by atoms with Crippen LogP contribution in [-0.2, 0) is 6.42 Å². The first-order valence-electron chi connectivity index (χ1n) is 6.93. The summed E-state index contributed by atoms with van der Waals surface area (Å²) < 4.78 is 0. The van der Waals surface area contributed by atoms with Gasteiger partial charge >= 0.3 is 0 Å². The third-order valence-corrected chi connectivity index (χ3v) is 4.82. The van der Waals surface area contributed by atoms with E-state index < -0.39 is 16.7 Å². The molecule has 2 amide bonds. The molecule has 0 unspecified atom stereocenters. The molecule has 2 aromatic rings. The summed E-state index contributed by atoms with van der Waals surface area (Å²) in [7, 11) is 0. The molecule has 0 spiro atoms. The molecule has 0 atom stereocenters. The quantitative estimate of drug-likeness (QED) is 0.621. The molecule has 0 aliphatic rings. The third kappa shape index (κ3) is 3.39. The number of hydrogen-bond acceptors (Lipinski definition) is 5. The van der Waals surface area contributed by atoms with Crippen LogP contribution in [0.1, 0.15) is 38.1 Å². The van der Waals surface area contributed by atoms with Crippen molar-refractivity contribution in [3.63, 3.8) is 0 Å². The summed E-state index contributed by atoms with van der Waals surface area (Å²) in [5, 5.41) is 13.6. The summed E-state index contributed by atoms with van der Waals surface area (Å²) in [5.41, 5.74) is 6.35. The van der Waals surface area contributed by atoms with Gasteiger partial charge in [-0.1, -0.05) is 18.5 Å². The summed E-state index contributed by atoms with van der Waals surface area (Å²) in [4.78, 5) is 35.1. The van der Waals surface area contributed by atoms with Crippen LogP contribution in [0.15, 0.2) is 18.2 Å². The topological polar surface area (TPSA) is 115 Å². The van der Waals surface area contributed by atoms with E-state index in [9.17, 15) is 19.7 Å². The number of nitrogens with zero attached hydrogens (tertiary/aromatic N) is 1. The van der Waals surface area contributed by atoms with Gasteiger partial charge in [0.05, 0.1) is 21.1 Å². The van der Waals surface area contributed by atoms with Crippen LogP contribution in [0.4, 0.5) is 10.7 Å². The van der Waals surface area contributed by atoms with E-state index in [1.807, 2.05) is 13.8 Å². The van der Waals surface area contributed by atoms with Gasteiger partial charge in [-0.2, -0.15) is 0 Å². The van der Waals surface area contributed by atoms with Crippen molar-refractivity contribution in [2.24, 2.45) is 5.73 Å². The molecule has 24 heavy (non-hydrogen) atoms. The van der Waals surface area contributed by atoms with Gasteiger partial charge < -0.3 is 11.1 Å². The van der Waals surface area contributed by atoms with Crippen LogP contribution in [0.25, 0.3) is 0 Å². The summed E-state index contributed by atoms with van der Waals surface area (Å²) in [6.07, 6.45) is 0.606. The lowest BCUT2D eigenvalue weighted by atomic mass is 10.1. The van der Waals surface area contributed by atoms with Gasteiger partial charge in [-0.15, -0.1) is 11.3 Å². The largest absolute Gasteiger partial charge is 0.365 e. The molecule has 1 heterocycles. The second-order valence-electron chi connectivity index (χ2n) is 4.93. The lowest BCUT2D eigenvalue weighted by molar-refractivity contribution is -0.384. The number of nitrogens with one attached hydrogen (secondary N) is 1. The molecule has 1 aromatic heterocycles. The highest BCUT2D eigenvalue weighted by molar-refractivity contribution is 7.16. The number of nitro groups is 1. The fourth-order valence-electron chi connectivity index (χ4n) is 2.33. The number of carbonyl (C=O) groups excluding carboxylic acids is 2. The number of hydrogen-bond donors (Lipinski definition) is 2. The lowest BCUT2D eigenvalue weighted by Gasteiger charge is -2.07. The van der Waals surface area contributed by atoms with Crippen molar-refractivity contribution in [3.05, 3.63) is 54.9 Å². The van der Waals surface area contributed by atoms with Crippen molar-refractivity contribution in [1.82, 2.24) is 0 Å². The molecule has 9 heteroatoms. The van der Waals surface area contributed by atoms with Crippen LogP contribution >= 0.6 is 22.9 Å². The van der Waals surface area contributed by atoms with E-state index in [1.54, 1.807) is 0 Å². The summed E-state index contributed by atoms with van der Waals surface area (Å²) in [6, 6.07) is 3.55. The van der Waals surface area contributed by atoms with Gasteiger partial charge in [-0.05, 0) is 25.0 Å². The zero-order valence-corrected chi connectivity index (χ0v) is 14.5. The maximum atomic E-state index is 12.4. The first-order valence-corrected chi connectivity index (χ1v) is 8.13. The second-order valence-corrected chi connectivity index (χ2v) is 6.57. The summed E-state index contributed by atoms with van der Waals surface area (Å²) >= 11 is 7.19. The number of anilines is 1. The molecule has 126 valence electrons. The van der Waals surface area contributed by atoms with Crippen molar-refractivity contribution < 1.29 is 14.5 Å². The number of thiophene rings is 1. The number of non-ortho nitro benzene ring substituents is 1. The molecule has 0 bridgehead atoms. The fraction of sp³-hybridized carbons (Fsp3) is 0.200. The Morgan fingerprint density at radius 1 is 1.42 bits per heavy atom. The van der Waals surface area contributed by atoms with Crippen molar-refractivity contribution in [2.45, 2.75) is 20.3 Å². The van der Waals surface area contributed by atoms with Gasteiger partial charge in [0.1, 0.15) is 5.00 Å². The van der Waals surface area contributed by atoms with Gasteiger partial charge in [0.2, 0.25) is 0 Å². The zero-order chi connectivity index (χ0) is 18.0. The summed E-state index contributed by atoms with van der Waals surface area (Å²) in [5.74, 6) is -1.19. The molecular weight excluding hydrogens is 354 g/mol. The molecule has 0 radical (unpaired) electrons. The maximum Gasteiger partial charge on any atom is 0.270 e. The Hall–Kier alpha value is -2.45. The van der Waals surface area contributed by atoms with Crippen LogP contribution in [0, 0.1) is 17.0 Å². The van der Waals surface area contributed by atoms with E-state index in [-0.39, 0.29) is 21.8 Å². The molecule has 3 N–H and O–H groups in total. The van der Waals surface area contributed by atoms with Crippen LogP contribution in [0.3, 0.4) is 0 Å². The number of aryl methyl sites for hydroxylation is 1. The Morgan fingerprint density at radius 3 is 2.58 bits per heavy atom. The average molecular weight is 368 g/mol. The first kappa shape index (κ1) is 17.9. The van der Waals surface area contributed by atoms with E-state index in [2.05, 4.69) is 5.32 Å². The Bertz CT molecular complexity index is 847. The number of benzene rings is 1.